The number of hydrogen-bond donors (Lipinski definition) is 1. The summed E-state index contributed by atoms with van der Waals surface area (Å²) < 4.78 is 24.2. The summed E-state index contributed by atoms with van der Waals surface area (Å²) in [6, 6.07) is 37.8. The third-order valence-corrected chi connectivity index (χ3v) is 17.6. The Morgan fingerprint density at radius 1 is 0.844 bits per heavy atom. The Morgan fingerprint density at radius 2 is 1.55 bits per heavy atom. The Hall–Kier alpha value is -6.28. The van der Waals surface area contributed by atoms with Crippen LogP contribution in [0.5, 0.6) is 17.2 Å². The molecule has 0 aromatic heterocycles. The molecule has 0 bridgehead atoms. The molecule has 3 heterocycles. The van der Waals surface area contributed by atoms with Crippen LogP contribution in [0, 0.1) is 5.92 Å². The van der Waals surface area contributed by atoms with Gasteiger partial charge in [0.2, 0.25) is 5.91 Å². The van der Waals surface area contributed by atoms with E-state index in [1.807, 2.05) is 91.0 Å². The van der Waals surface area contributed by atoms with Crippen LogP contribution < -0.4 is 24.5 Å². The quantitative estimate of drug-likeness (QED) is 0.0629. The molecule has 3 aliphatic heterocycles. The van der Waals surface area contributed by atoms with Crippen molar-refractivity contribution >= 4 is 54.0 Å². The fraction of sp³-hybridized carbons (Fsp3) is 0.333. The van der Waals surface area contributed by atoms with Gasteiger partial charge in [0.25, 0.3) is 11.8 Å². The number of unbranched alkanes of at least 4 members (excludes halogenated alkanes) is 1. The molecule has 3 amide bonds. The lowest BCUT2D eigenvalue weighted by Crippen LogP contribution is -2.52. The molecule has 1 saturated heterocycles. The Kier molecular flexibility index (Phi) is 12.8. The predicted octanol–water partition coefficient (Wildman–Crippen LogP) is 8.10. The largest absolute Gasteiger partial charge is 0.497 e. The molecule has 3 aliphatic rings. The number of ether oxygens (including phenoxy) is 4. The third kappa shape index (κ3) is 8.08. The zero-order chi connectivity index (χ0) is 45.2. The Labute approximate surface area is 375 Å². The molecule has 64 heavy (non-hydrogen) atoms. The average molecular weight is 882 g/mol. The number of aliphatic hydroxyl groups excluding tert-OH is 1. The highest BCUT2D eigenvalue weighted by Crippen LogP contribution is 2.61. The SMILES string of the molecule is COC(=O)CCCCN1C(=O)[C@]2(O[C@H](CC(=O)N(CCO)Cc3ccccc3)[C@@H]([Si](C)(C)c3ccc(OC)cc3)[C@@H]2C)c2cc(N3C(=O)c4ccccc4Oc4ccccc43)ccc21. The highest BCUT2D eigenvalue weighted by molar-refractivity contribution is 6.91. The summed E-state index contributed by atoms with van der Waals surface area (Å²) in [7, 11) is 0.320. The monoisotopic (exact) mass is 881 g/mol. The summed E-state index contributed by atoms with van der Waals surface area (Å²) in [5.41, 5.74) is 1.81. The molecule has 1 spiro atoms. The normalized spacial score (nSPS) is 20.0. The van der Waals surface area contributed by atoms with Crippen LogP contribution in [-0.2, 0) is 36.0 Å². The van der Waals surface area contributed by atoms with Gasteiger partial charge in [-0.3, -0.25) is 24.1 Å². The van der Waals surface area contributed by atoms with Crippen molar-refractivity contribution in [2.75, 3.05) is 43.7 Å². The lowest BCUT2D eigenvalue weighted by atomic mass is 9.82. The van der Waals surface area contributed by atoms with Crippen LogP contribution in [0.4, 0.5) is 17.1 Å². The Morgan fingerprint density at radius 3 is 2.27 bits per heavy atom. The topological polar surface area (TPSA) is 135 Å². The lowest BCUT2D eigenvalue weighted by molar-refractivity contribution is -0.149. The average Bonchev–Trinajstić information content (AvgIpc) is 3.68. The number of nitrogens with zero attached hydrogens (tertiary/aromatic N) is 3. The Bertz CT molecular complexity index is 2530. The van der Waals surface area contributed by atoms with E-state index < -0.39 is 25.7 Å². The van der Waals surface area contributed by atoms with Crippen molar-refractivity contribution in [2.45, 2.75) is 69.5 Å². The predicted molar refractivity (Wildman–Crippen MR) is 247 cm³/mol. The summed E-state index contributed by atoms with van der Waals surface area (Å²) in [6.45, 7) is 7.12. The summed E-state index contributed by atoms with van der Waals surface area (Å²) in [4.78, 5) is 62.1. The van der Waals surface area contributed by atoms with Gasteiger partial charge < -0.3 is 33.9 Å². The van der Waals surface area contributed by atoms with E-state index in [-0.39, 0.29) is 55.2 Å². The van der Waals surface area contributed by atoms with Crippen LogP contribution in [0.3, 0.4) is 0 Å². The van der Waals surface area contributed by atoms with E-state index in [9.17, 15) is 19.5 Å². The molecule has 8 rings (SSSR count). The first kappa shape index (κ1) is 44.3. The van der Waals surface area contributed by atoms with Crippen LogP contribution in [-0.4, -0.2) is 81.8 Å². The fourth-order valence-electron chi connectivity index (χ4n) is 10.1. The van der Waals surface area contributed by atoms with Crippen molar-refractivity contribution in [1.29, 1.82) is 0 Å². The van der Waals surface area contributed by atoms with E-state index in [1.54, 1.807) is 40.0 Å². The Balaban J connectivity index is 1.26. The molecule has 5 aromatic carbocycles. The molecule has 0 saturated carbocycles. The maximum atomic E-state index is 15.6. The zero-order valence-electron chi connectivity index (χ0n) is 37.0. The molecular weight excluding hydrogens is 827 g/mol. The number of fused-ring (bicyclic) bond motifs is 4. The maximum Gasteiger partial charge on any atom is 0.305 e. The second-order valence-corrected chi connectivity index (χ2v) is 22.0. The number of esters is 1. The number of rotatable bonds is 15. The lowest BCUT2D eigenvalue weighted by Gasteiger charge is -2.37. The van der Waals surface area contributed by atoms with E-state index in [2.05, 4.69) is 32.2 Å². The van der Waals surface area contributed by atoms with Crippen molar-refractivity contribution in [3.05, 3.63) is 138 Å². The summed E-state index contributed by atoms with van der Waals surface area (Å²) in [5.74, 6) is 0.143. The number of para-hydroxylation sites is 3. The molecule has 12 nitrogen and oxygen atoms in total. The number of anilines is 3. The van der Waals surface area contributed by atoms with Gasteiger partial charge in [-0.2, -0.15) is 0 Å². The smallest absolute Gasteiger partial charge is 0.305 e. The molecule has 332 valence electrons. The van der Waals surface area contributed by atoms with Crippen molar-refractivity contribution in [2.24, 2.45) is 5.92 Å². The summed E-state index contributed by atoms with van der Waals surface area (Å²) in [6.07, 6.45) is 0.507. The number of carbonyl (C=O) groups is 4. The minimum atomic E-state index is -2.67. The molecule has 0 radical (unpaired) electrons. The number of amides is 3. The zero-order valence-corrected chi connectivity index (χ0v) is 38.0. The number of hydrogen-bond acceptors (Lipinski definition) is 9. The minimum absolute atomic E-state index is 0.0241. The third-order valence-electron chi connectivity index (χ3n) is 13.3. The number of benzene rings is 5. The summed E-state index contributed by atoms with van der Waals surface area (Å²) in [5, 5.41) is 11.3. The van der Waals surface area contributed by atoms with Crippen molar-refractivity contribution in [3.8, 4) is 17.2 Å². The highest BCUT2D eigenvalue weighted by atomic mass is 28.3. The van der Waals surface area contributed by atoms with Gasteiger partial charge >= 0.3 is 5.97 Å². The van der Waals surface area contributed by atoms with E-state index >= 15 is 4.79 Å². The molecular formula is C51H55N3O9Si. The van der Waals surface area contributed by atoms with Crippen LogP contribution in [0.2, 0.25) is 18.6 Å². The molecule has 5 aromatic rings. The van der Waals surface area contributed by atoms with Gasteiger partial charge in [0.05, 0.1) is 58.4 Å². The summed E-state index contributed by atoms with van der Waals surface area (Å²) >= 11 is 0. The standard InChI is InChI=1S/C51H55N3O9Si/c1-34-48(64(4,5)38-25-23-37(60-2)24-26-38)45(32-46(56)52(29-30-55)33-35-15-7-6-8-16-35)63-51(34)40-31-36(22-27-41(40)53(50(51)59)28-14-13-21-47(57)61-3)54-42-18-10-12-20-44(42)62-43-19-11-9-17-39(43)49(54)58/h6-12,15-20,22-27,31,34,45,48,55H,13-14,21,28-30,32-33H2,1-5H3/t34-,45+,48-,51+/m0/s1. The van der Waals surface area contributed by atoms with E-state index in [1.165, 1.54) is 7.11 Å². The fourth-order valence-corrected chi connectivity index (χ4v) is 14.1. The van der Waals surface area contributed by atoms with Gasteiger partial charge in [-0.15, -0.1) is 0 Å². The molecule has 0 aliphatic carbocycles. The molecule has 1 fully saturated rings. The van der Waals surface area contributed by atoms with Gasteiger partial charge in [0.1, 0.15) is 11.5 Å². The minimum Gasteiger partial charge on any atom is -0.497 e. The van der Waals surface area contributed by atoms with Gasteiger partial charge in [0, 0.05) is 43.2 Å². The van der Waals surface area contributed by atoms with Crippen molar-refractivity contribution in [3.63, 3.8) is 0 Å². The van der Waals surface area contributed by atoms with Crippen LogP contribution in [0.1, 0.15) is 54.1 Å². The number of carbonyl (C=O) groups excluding carboxylic acids is 4. The number of aliphatic hydroxyl groups is 1. The van der Waals surface area contributed by atoms with Crippen LogP contribution >= 0.6 is 0 Å². The maximum absolute atomic E-state index is 15.6. The molecule has 1 N–H and O–H groups in total. The number of methoxy groups -OCH3 is 2. The highest BCUT2D eigenvalue weighted by Gasteiger charge is 2.66. The molecule has 13 heteroatoms. The van der Waals surface area contributed by atoms with E-state index in [0.717, 1.165) is 16.5 Å². The van der Waals surface area contributed by atoms with Crippen molar-refractivity contribution in [1.82, 2.24) is 4.90 Å². The second-order valence-electron chi connectivity index (χ2n) is 17.3. The van der Waals surface area contributed by atoms with Gasteiger partial charge in [-0.25, -0.2) is 0 Å². The van der Waals surface area contributed by atoms with E-state index in [4.69, 9.17) is 18.9 Å². The van der Waals surface area contributed by atoms with E-state index in [0.29, 0.717) is 65.6 Å². The molecule has 0 unspecified atom stereocenters. The first-order chi connectivity index (χ1) is 30.9. The first-order valence-corrected chi connectivity index (χ1v) is 25.0. The molecule has 4 atom stereocenters. The van der Waals surface area contributed by atoms with Gasteiger partial charge in [-0.1, -0.05) is 91.9 Å². The van der Waals surface area contributed by atoms with Crippen molar-refractivity contribution < 1.29 is 43.2 Å². The van der Waals surface area contributed by atoms with Gasteiger partial charge in [-0.05, 0) is 78.5 Å². The van der Waals surface area contributed by atoms with Gasteiger partial charge in [0.15, 0.2) is 11.4 Å². The van der Waals surface area contributed by atoms with Crippen LogP contribution in [0.25, 0.3) is 0 Å². The second kappa shape index (κ2) is 18.4. The first-order valence-electron chi connectivity index (χ1n) is 21.9. The van der Waals surface area contributed by atoms with Crippen LogP contribution in [0.15, 0.2) is 121 Å².